The van der Waals surface area contributed by atoms with E-state index in [1.165, 1.54) is 0 Å². The molecule has 1 unspecified atom stereocenters. The number of hydrogen-bond donors (Lipinski definition) is 2. The Morgan fingerprint density at radius 1 is 1.26 bits per heavy atom. The van der Waals surface area contributed by atoms with Gasteiger partial charge in [-0.3, -0.25) is 4.79 Å². The number of nitrogens with one attached hydrogen (secondary N) is 2. The van der Waals surface area contributed by atoms with Gasteiger partial charge in [-0.05, 0) is 25.0 Å². The fourth-order valence-corrected chi connectivity index (χ4v) is 3.79. The van der Waals surface area contributed by atoms with E-state index < -0.39 is 9.84 Å². The summed E-state index contributed by atoms with van der Waals surface area (Å²) in [5.74, 6) is 0.122. The molecule has 1 heterocycles. The Hall–Kier alpha value is -1.56. The quantitative estimate of drug-likeness (QED) is 0.856. The molecular formula is C13H18N2O3S. The first-order valence-corrected chi connectivity index (χ1v) is 8.16. The third-order valence-electron chi connectivity index (χ3n) is 3.06. The average Bonchev–Trinajstić information content (AvgIpc) is 2.36. The van der Waals surface area contributed by atoms with Crippen LogP contribution in [0.5, 0.6) is 0 Å². The van der Waals surface area contributed by atoms with Gasteiger partial charge in [0.15, 0.2) is 9.84 Å². The summed E-state index contributed by atoms with van der Waals surface area (Å²) in [6.07, 6.45) is 1.36. The van der Waals surface area contributed by atoms with Crippen LogP contribution in [-0.4, -0.2) is 38.4 Å². The Morgan fingerprint density at radius 2 is 2.00 bits per heavy atom. The van der Waals surface area contributed by atoms with E-state index in [2.05, 4.69) is 10.6 Å². The molecule has 0 aliphatic carbocycles. The fourth-order valence-electron chi connectivity index (χ4n) is 2.15. The summed E-state index contributed by atoms with van der Waals surface area (Å²) < 4.78 is 22.9. The first-order valence-electron chi connectivity index (χ1n) is 6.34. The number of anilines is 1. The minimum atomic E-state index is -2.98. The summed E-state index contributed by atoms with van der Waals surface area (Å²) in [4.78, 5) is 11.7. The lowest BCUT2D eigenvalue weighted by Gasteiger charge is -2.23. The second-order valence-electron chi connectivity index (χ2n) is 4.74. The van der Waals surface area contributed by atoms with E-state index in [0.29, 0.717) is 6.42 Å². The van der Waals surface area contributed by atoms with Crippen molar-refractivity contribution in [3.8, 4) is 0 Å². The molecule has 1 atom stereocenters. The Labute approximate surface area is 113 Å². The van der Waals surface area contributed by atoms with E-state index in [0.717, 1.165) is 12.1 Å². The second-order valence-corrected chi connectivity index (χ2v) is 6.97. The topological polar surface area (TPSA) is 75.3 Å². The zero-order chi connectivity index (χ0) is 13.7. The van der Waals surface area contributed by atoms with Crippen molar-refractivity contribution in [1.29, 1.82) is 0 Å². The van der Waals surface area contributed by atoms with Gasteiger partial charge in [0.2, 0.25) is 5.91 Å². The Bertz CT molecular complexity index is 528. The number of carbonyl (C=O) groups is 1. The molecule has 1 amide bonds. The van der Waals surface area contributed by atoms with Crippen LogP contribution in [0.15, 0.2) is 30.3 Å². The highest BCUT2D eigenvalue weighted by Gasteiger charge is 2.25. The van der Waals surface area contributed by atoms with Crippen LogP contribution in [-0.2, 0) is 14.6 Å². The van der Waals surface area contributed by atoms with E-state index in [4.69, 9.17) is 0 Å². The molecule has 0 saturated carbocycles. The summed E-state index contributed by atoms with van der Waals surface area (Å²) in [7, 11) is -2.98. The zero-order valence-corrected chi connectivity index (χ0v) is 11.4. The molecule has 0 bridgehead atoms. The van der Waals surface area contributed by atoms with Crippen molar-refractivity contribution in [1.82, 2.24) is 5.32 Å². The van der Waals surface area contributed by atoms with Gasteiger partial charge in [0.05, 0.1) is 18.1 Å². The predicted octanol–water partition coefficient (Wildman–Crippen LogP) is 0.792. The molecule has 1 aliphatic rings. The third kappa shape index (κ3) is 4.55. The van der Waals surface area contributed by atoms with E-state index in [1.54, 1.807) is 0 Å². The normalized spacial score (nSPS) is 21.6. The van der Waals surface area contributed by atoms with Gasteiger partial charge in [-0.15, -0.1) is 0 Å². The highest BCUT2D eigenvalue weighted by molar-refractivity contribution is 7.91. The summed E-state index contributed by atoms with van der Waals surface area (Å²) in [5.41, 5.74) is 0.869. The largest absolute Gasteiger partial charge is 0.376 e. The summed E-state index contributed by atoms with van der Waals surface area (Å²) in [5, 5.41) is 5.76. The van der Waals surface area contributed by atoms with E-state index in [1.807, 2.05) is 30.3 Å². The monoisotopic (exact) mass is 282 g/mol. The van der Waals surface area contributed by atoms with Crippen LogP contribution in [0.1, 0.15) is 12.8 Å². The minimum Gasteiger partial charge on any atom is -0.376 e. The second kappa shape index (κ2) is 6.06. The van der Waals surface area contributed by atoms with Gasteiger partial charge in [0, 0.05) is 11.7 Å². The number of rotatable bonds is 4. The molecule has 1 saturated heterocycles. The molecule has 5 nitrogen and oxygen atoms in total. The molecule has 0 spiro atoms. The third-order valence-corrected chi connectivity index (χ3v) is 4.88. The van der Waals surface area contributed by atoms with Gasteiger partial charge < -0.3 is 10.6 Å². The number of benzene rings is 1. The minimum absolute atomic E-state index is 0.0596. The van der Waals surface area contributed by atoms with E-state index in [-0.39, 0.29) is 30.0 Å². The molecular weight excluding hydrogens is 264 g/mol. The average molecular weight is 282 g/mol. The maximum Gasteiger partial charge on any atom is 0.239 e. The van der Waals surface area contributed by atoms with Gasteiger partial charge in [0.1, 0.15) is 0 Å². The van der Waals surface area contributed by atoms with Gasteiger partial charge in [-0.2, -0.15) is 0 Å². The number of hydrogen-bond acceptors (Lipinski definition) is 4. The van der Waals surface area contributed by atoms with Crippen molar-refractivity contribution in [2.45, 2.75) is 18.9 Å². The summed E-state index contributed by atoms with van der Waals surface area (Å²) in [6, 6.07) is 9.17. The van der Waals surface area contributed by atoms with E-state index >= 15 is 0 Å². The van der Waals surface area contributed by atoms with Gasteiger partial charge >= 0.3 is 0 Å². The molecule has 1 fully saturated rings. The molecule has 6 heteroatoms. The Kier molecular flexibility index (Phi) is 4.42. The molecule has 1 aliphatic heterocycles. The molecule has 0 radical (unpaired) electrons. The number of amides is 1. The lowest BCUT2D eigenvalue weighted by Crippen LogP contribution is -2.45. The zero-order valence-electron chi connectivity index (χ0n) is 10.6. The van der Waals surface area contributed by atoms with Gasteiger partial charge in [0.25, 0.3) is 0 Å². The SMILES string of the molecule is O=C(CNc1ccccc1)NC1CCCS(=O)(=O)C1. The first-order chi connectivity index (χ1) is 9.05. The van der Waals surface area contributed by atoms with Crippen LogP contribution >= 0.6 is 0 Å². The molecule has 2 rings (SSSR count). The van der Waals surface area contributed by atoms with Crippen LogP contribution in [0.4, 0.5) is 5.69 Å². The Morgan fingerprint density at radius 3 is 2.68 bits per heavy atom. The molecule has 1 aromatic carbocycles. The predicted molar refractivity (Wildman–Crippen MR) is 74.8 cm³/mol. The van der Waals surface area contributed by atoms with Crippen molar-refractivity contribution in [3.05, 3.63) is 30.3 Å². The smallest absolute Gasteiger partial charge is 0.239 e. The first kappa shape index (κ1) is 13.9. The number of carbonyl (C=O) groups excluding carboxylic acids is 1. The summed E-state index contributed by atoms with van der Waals surface area (Å²) in [6.45, 7) is 0.153. The van der Waals surface area contributed by atoms with Crippen LogP contribution in [0.2, 0.25) is 0 Å². The van der Waals surface area contributed by atoms with Crippen LogP contribution in [0.25, 0.3) is 0 Å². The lowest BCUT2D eigenvalue weighted by molar-refractivity contribution is -0.120. The Balaban J connectivity index is 1.78. The van der Waals surface area contributed by atoms with Crippen molar-refractivity contribution in [2.24, 2.45) is 0 Å². The highest BCUT2D eigenvalue weighted by atomic mass is 32.2. The van der Waals surface area contributed by atoms with Crippen molar-refractivity contribution < 1.29 is 13.2 Å². The highest BCUT2D eigenvalue weighted by Crippen LogP contribution is 2.12. The maximum absolute atomic E-state index is 11.7. The maximum atomic E-state index is 11.7. The lowest BCUT2D eigenvalue weighted by atomic mass is 10.2. The molecule has 2 N–H and O–H groups in total. The van der Waals surface area contributed by atoms with Crippen molar-refractivity contribution in [3.63, 3.8) is 0 Å². The van der Waals surface area contributed by atoms with E-state index in [9.17, 15) is 13.2 Å². The molecule has 0 aromatic heterocycles. The molecule has 1 aromatic rings. The summed E-state index contributed by atoms with van der Waals surface area (Å²) >= 11 is 0. The molecule has 104 valence electrons. The fraction of sp³-hybridized carbons (Fsp3) is 0.462. The van der Waals surface area contributed by atoms with Crippen molar-refractivity contribution >= 4 is 21.4 Å². The van der Waals surface area contributed by atoms with Crippen LogP contribution in [0, 0.1) is 0 Å². The van der Waals surface area contributed by atoms with Crippen LogP contribution in [0.3, 0.4) is 0 Å². The number of para-hydroxylation sites is 1. The van der Waals surface area contributed by atoms with Gasteiger partial charge in [-0.1, -0.05) is 18.2 Å². The standard InChI is InChI=1S/C13H18N2O3S/c16-13(9-14-11-5-2-1-3-6-11)15-12-7-4-8-19(17,18)10-12/h1-3,5-6,12,14H,4,7-10H2,(H,15,16). The van der Waals surface area contributed by atoms with Crippen molar-refractivity contribution in [2.75, 3.05) is 23.4 Å². The van der Waals surface area contributed by atoms with Crippen LogP contribution < -0.4 is 10.6 Å². The van der Waals surface area contributed by atoms with Gasteiger partial charge in [-0.25, -0.2) is 8.42 Å². The molecule has 19 heavy (non-hydrogen) atoms. The number of sulfone groups is 1.